The zero-order chi connectivity index (χ0) is 20.7. The van der Waals surface area contributed by atoms with E-state index in [9.17, 15) is 9.90 Å². The van der Waals surface area contributed by atoms with Crippen LogP contribution in [0, 0.1) is 5.41 Å². The van der Waals surface area contributed by atoms with E-state index in [4.69, 9.17) is 21.0 Å². The number of nitrogens with one attached hydrogen (secondary N) is 3. The molecular weight excluding hydrogens is 362 g/mol. The lowest BCUT2D eigenvalue weighted by Gasteiger charge is -2.30. The maximum absolute atomic E-state index is 12.4. The summed E-state index contributed by atoms with van der Waals surface area (Å²) in [5, 5.41) is 32.2. The van der Waals surface area contributed by atoms with Gasteiger partial charge < -0.3 is 26.0 Å². The van der Waals surface area contributed by atoms with Crippen LogP contribution in [0.15, 0.2) is 42.6 Å². The van der Waals surface area contributed by atoms with E-state index in [1.807, 2.05) is 30.3 Å². The maximum atomic E-state index is 12.4. The number of hydrogen-bond acceptors (Lipinski definition) is 7. The number of nitrogens with two attached hydrogens (primary N) is 1. The molecule has 0 bridgehead atoms. The number of aromatic nitrogens is 1. The van der Waals surface area contributed by atoms with Gasteiger partial charge in [-0.1, -0.05) is 30.3 Å². The number of ether oxygens (including phenoxy) is 1. The molecule has 0 saturated carbocycles. The van der Waals surface area contributed by atoms with Crippen LogP contribution >= 0.6 is 0 Å². The lowest BCUT2D eigenvalue weighted by Crippen LogP contribution is -2.43. The molecule has 2 amide bonds. The molecule has 0 aliphatic rings. The molecule has 2 aromatic rings. The Morgan fingerprint density at radius 2 is 2.04 bits per heavy atom. The van der Waals surface area contributed by atoms with Gasteiger partial charge in [-0.05, 0) is 19.4 Å². The van der Waals surface area contributed by atoms with Crippen molar-refractivity contribution in [2.75, 3.05) is 24.3 Å². The van der Waals surface area contributed by atoms with E-state index in [-0.39, 0.29) is 36.2 Å². The fraction of sp³-hybridized carbons (Fsp3) is 0.316. The number of hydrogen-bond donors (Lipinski definition) is 6. The number of urea groups is 1. The average molecular weight is 387 g/mol. The third kappa shape index (κ3) is 5.66. The first kappa shape index (κ1) is 21.1. The summed E-state index contributed by atoms with van der Waals surface area (Å²) in [6.45, 7) is 2.96. The van der Waals surface area contributed by atoms with Crippen molar-refractivity contribution in [3.8, 4) is 0 Å². The second-order valence-electron chi connectivity index (χ2n) is 6.65. The van der Waals surface area contributed by atoms with Crippen LogP contribution in [0.2, 0.25) is 0 Å². The number of aliphatic hydroxyl groups is 2. The van der Waals surface area contributed by atoms with Gasteiger partial charge in [0, 0.05) is 18.0 Å². The van der Waals surface area contributed by atoms with Gasteiger partial charge in [0.2, 0.25) is 5.90 Å². The normalized spacial score (nSPS) is 12.1. The van der Waals surface area contributed by atoms with Crippen molar-refractivity contribution in [3.05, 3.63) is 53.7 Å². The topological polar surface area (TPSA) is 154 Å². The van der Waals surface area contributed by atoms with E-state index in [1.54, 1.807) is 13.8 Å². The molecule has 0 fully saturated rings. The first-order valence-electron chi connectivity index (χ1n) is 8.65. The number of carbonyl (C=O) groups is 1. The summed E-state index contributed by atoms with van der Waals surface area (Å²) in [5.41, 5.74) is 5.89. The first-order valence-corrected chi connectivity index (χ1v) is 8.65. The maximum Gasteiger partial charge on any atom is 0.320 e. The Hall–Kier alpha value is -3.17. The number of carbonyl (C=O) groups excluding carboxylic acids is 1. The van der Waals surface area contributed by atoms with Gasteiger partial charge in [-0.25, -0.2) is 9.78 Å². The molecule has 9 nitrogen and oxygen atoms in total. The molecule has 1 heterocycles. The van der Waals surface area contributed by atoms with Gasteiger partial charge in [0.05, 0.1) is 23.8 Å². The van der Waals surface area contributed by atoms with Crippen LogP contribution in [-0.2, 0) is 4.74 Å². The first-order chi connectivity index (χ1) is 13.2. The van der Waals surface area contributed by atoms with Gasteiger partial charge in [-0.3, -0.25) is 10.7 Å². The molecule has 1 atom stereocenters. The summed E-state index contributed by atoms with van der Waals surface area (Å²) >= 11 is 0. The summed E-state index contributed by atoms with van der Waals surface area (Å²) < 4.78 is 5.00. The standard InChI is InChI=1S/C19H25N5O4/c1-19(2,27)16(12-6-4-3-5-7-12)24-18(26)23-15-10-14(20)13(11-22-15)17(21)28-9-8-25/h3-7,10-11,16,21,25,27H,8-9H2,1-2H3,(H4,20,22,23,24,26)/t16-/m0/s1. The summed E-state index contributed by atoms with van der Waals surface area (Å²) in [7, 11) is 0. The minimum Gasteiger partial charge on any atom is -0.475 e. The van der Waals surface area contributed by atoms with Gasteiger partial charge >= 0.3 is 6.03 Å². The summed E-state index contributed by atoms with van der Waals surface area (Å²) in [5.74, 6) is -0.0440. The third-order valence-electron chi connectivity index (χ3n) is 3.87. The zero-order valence-electron chi connectivity index (χ0n) is 15.8. The number of aliphatic hydroxyl groups excluding tert-OH is 1. The minimum absolute atomic E-state index is 0.0293. The van der Waals surface area contributed by atoms with Crippen LogP contribution in [0.4, 0.5) is 16.3 Å². The molecule has 150 valence electrons. The highest BCUT2D eigenvalue weighted by Gasteiger charge is 2.30. The van der Waals surface area contributed by atoms with Gasteiger partial charge in [-0.2, -0.15) is 0 Å². The van der Waals surface area contributed by atoms with Gasteiger partial charge in [-0.15, -0.1) is 0 Å². The Morgan fingerprint density at radius 1 is 1.36 bits per heavy atom. The SMILES string of the molecule is CC(C)(O)[C@@H](NC(=O)Nc1cc(N)c(C(=N)OCCO)cn1)c1ccccc1. The smallest absolute Gasteiger partial charge is 0.320 e. The van der Waals surface area contributed by atoms with Crippen LogP contribution < -0.4 is 16.4 Å². The van der Waals surface area contributed by atoms with E-state index in [1.165, 1.54) is 12.3 Å². The fourth-order valence-electron chi connectivity index (χ4n) is 2.55. The van der Waals surface area contributed by atoms with Crippen molar-refractivity contribution in [2.45, 2.75) is 25.5 Å². The molecule has 7 N–H and O–H groups in total. The molecule has 0 saturated heterocycles. The Morgan fingerprint density at radius 3 is 2.61 bits per heavy atom. The number of amides is 2. The number of rotatable bonds is 7. The number of pyridine rings is 1. The van der Waals surface area contributed by atoms with Gasteiger partial charge in [0.1, 0.15) is 12.4 Å². The lowest BCUT2D eigenvalue weighted by molar-refractivity contribution is 0.0415. The summed E-state index contributed by atoms with van der Waals surface area (Å²) in [6, 6.07) is 9.30. The molecule has 28 heavy (non-hydrogen) atoms. The highest BCUT2D eigenvalue weighted by molar-refractivity contribution is 5.97. The molecule has 2 rings (SSSR count). The van der Waals surface area contributed by atoms with E-state index in [2.05, 4.69) is 15.6 Å². The fourth-order valence-corrected chi connectivity index (χ4v) is 2.55. The van der Waals surface area contributed by atoms with E-state index in [0.29, 0.717) is 0 Å². The second kappa shape index (κ2) is 9.16. The highest BCUT2D eigenvalue weighted by Crippen LogP contribution is 2.25. The van der Waals surface area contributed by atoms with Crippen molar-refractivity contribution >= 4 is 23.4 Å². The summed E-state index contributed by atoms with van der Waals surface area (Å²) in [6.07, 6.45) is 1.30. The quantitative estimate of drug-likeness (QED) is 0.313. The third-order valence-corrected chi connectivity index (χ3v) is 3.87. The Bertz CT molecular complexity index is 821. The van der Waals surface area contributed by atoms with Crippen molar-refractivity contribution < 1.29 is 19.7 Å². The number of nitrogens with zero attached hydrogens (tertiary/aromatic N) is 1. The van der Waals surface area contributed by atoms with Crippen molar-refractivity contribution in [3.63, 3.8) is 0 Å². The molecule has 0 aliphatic carbocycles. The van der Waals surface area contributed by atoms with Crippen LogP contribution in [0.1, 0.15) is 31.0 Å². The van der Waals surface area contributed by atoms with Crippen LogP contribution in [0.25, 0.3) is 0 Å². The molecule has 0 aliphatic heterocycles. The van der Waals surface area contributed by atoms with Crippen LogP contribution in [-0.4, -0.2) is 45.9 Å². The van der Waals surface area contributed by atoms with Crippen molar-refractivity contribution in [1.29, 1.82) is 5.41 Å². The molecule has 0 unspecified atom stereocenters. The molecular formula is C19H25N5O4. The van der Waals surface area contributed by atoms with Gasteiger partial charge in [0.15, 0.2) is 0 Å². The molecule has 1 aromatic carbocycles. The highest BCUT2D eigenvalue weighted by atomic mass is 16.5. The van der Waals surface area contributed by atoms with Crippen molar-refractivity contribution in [2.24, 2.45) is 0 Å². The number of nitrogen functional groups attached to an aromatic ring is 1. The minimum atomic E-state index is -1.20. The number of benzene rings is 1. The van der Waals surface area contributed by atoms with Gasteiger partial charge in [0.25, 0.3) is 0 Å². The summed E-state index contributed by atoms with van der Waals surface area (Å²) in [4.78, 5) is 16.5. The average Bonchev–Trinajstić information content (AvgIpc) is 2.64. The Kier molecular flexibility index (Phi) is 6.91. The Labute approximate surface area is 163 Å². The zero-order valence-corrected chi connectivity index (χ0v) is 15.8. The predicted octanol–water partition coefficient (Wildman–Crippen LogP) is 1.63. The molecule has 0 spiro atoms. The molecule has 1 aromatic heterocycles. The predicted molar refractivity (Wildman–Crippen MR) is 106 cm³/mol. The van der Waals surface area contributed by atoms with E-state index < -0.39 is 17.7 Å². The Balaban J connectivity index is 2.09. The van der Waals surface area contributed by atoms with Crippen LogP contribution in [0.3, 0.4) is 0 Å². The second-order valence-corrected chi connectivity index (χ2v) is 6.65. The van der Waals surface area contributed by atoms with Crippen LogP contribution in [0.5, 0.6) is 0 Å². The number of anilines is 2. The molecule has 9 heteroatoms. The van der Waals surface area contributed by atoms with E-state index >= 15 is 0 Å². The van der Waals surface area contributed by atoms with Crippen molar-refractivity contribution in [1.82, 2.24) is 10.3 Å². The monoisotopic (exact) mass is 387 g/mol. The van der Waals surface area contributed by atoms with E-state index in [0.717, 1.165) is 5.56 Å². The largest absolute Gasteiger partial charge is 0.475 e. The molecule has 0 radical (unpaired) electrons. The lowest BCUT2D eigenvalue weighted by atomic mass is 9.92.